The van der Waals surface area contributed by atoms with Crippen LogP contribution in [0, 0.1) is 0 Å². The predicted molar refractivity (Wildman–Crippen MR) is 71.8 cm³/mol. The molecule has 1 saturated carbocycles. The summed E-state index contributed by atoms with van der Waals surface area (Å²) >= 11 is 5.86. The molecule has 1 N–H and O–H groups in total. The van der Waals surface area contributed by atoms with Crippen molar-refractivity contribution in [3.63, 3.8) is 0 Å². The molecule has 1 aliphatic rings. The molecule has 2 nitrogen and oxygen atoms in total. The second-order valence-electron chi connectivity index (χ2n) is 4.60. The Balaban J connectivity index is 1.90. The third-order valence-corrected chi connectivity index (χ3v) is 3.46. The maximum Gasteiger partial charge on any atom is 0.119 e. The largest absolute Gasteiger partial charge is 0.489 e. The number of halogens is 1. The Hall–Kier alpha value is -0.730. The van der Waals surface area contributed by atoms with Gasteiger partial charge in [-0.1, -0.05) is 18.5 Å². The monoisotopic (exact) mass is 253 g/mol. The first-order chi connectivity index (χ1) is 8.29. The fraction of sp³-hybridized carbons (Fsp3) is 0.571. The van der Waals surface area contributed by atoms with Crippen LogP contribution in [0.3, 0.4) is 0 Å². The smallest absolute Gasteiger partial charge is 0.119 e. The molecule has 2 atom stereocenters. The van der Waals surface area contributed by atoms with Crippen molar-refractivity contribution in [2.45, 2.75) is 44.8 Å². The minimum absolute atomic E-state index is 0.308. The van der Waals surface area contributed by atoms with Crippen molar-refractivity contribution in [3.05, 3.63) is 29.3 Å². The summed E-state index contributed by atoms with van der Waals surface area (Å²) in [6.45, 7) is 3.27. The highest BCUT2D eigenvalue weighted by Gasteiger charge is 2.28. The lowest BCUT2D eigenvalue weighted by Crippen LogP contribution is -2.39. The zero-order chi connectivity index (χ0) is 12.1. The van der Waals surface area contributed by atoms with Crippen LogP contribution >= 0.6 is 11.6 Å². The average Bonchev–Trinajstić information content (AvgIpc) is 2.77. The summed E-state index contributed by atoms with van der Waals surface area (Å²) in [6.07, 6.45) is 5.09. The van der Waals surface area contributed by atoms with Crippen LogP contribution in [0.5, 0.6) is 5.75 Å². The molecule has 0 heterocycles. The van der Waals surface area contributed by atoms with Crippen molar-refractivity contribution in [2.75, 3.05) is 6.54 Å². The molecule has 1 aromatic rings. The zero-order valence-corrected chi connectivity index (χ0v) is 11.0. The van der Waals surface area contributed by atoms with Gasteiger partial charge in [-0.25, -0.2) is 0 Å². The fourth-order valence-electron chi connectivity index (χ4n) is 2.32. The standard InChI is InChI=1S/C14H20ClNO/c1-2-10-16-13-4-3-5-14(13)17-12-8-6-11(15)7-9-12/h6-9,13-14,16H,2-5,10H2,1H3. The molecule has 0 bridgehead atoms. The van der Waals surface area contributed by atoms with Crippen LogP contribution in [0.2, 0.25) is 5.02 Å². The summed E-state index contributed by atoms with van der Waals surface area (Å²) in [6, 6.07) is 8.14. The van der Waals surface area contributed by atoms with Crippen LogP contribution < -0.4 is 10.1 Å². The topological polar surface area (TPSA) is 21.3 Å². The van der Waals surface area contributed by atoms with E-state index >= 15 is 0 Å². The Morgan fingerprint density at radius 2 is 2.06 bits per heavy atom. The molecule has 1 aliphatic carbocycles. The van der Waals surface area contributed by atoms with Crippen LogP contribution in [0.15, 0.2) is 24.3 Å². The highest BCUT2D eigenvalue weighted by Crippen LogP contribution is 2.25. The summed E-state index contributed by atoms with van der Waals surface area (Å²) in [7, 11) is 0. The van der Waals surface area contributed by atoms with E-state index in [0.717, 1.165) is 23.7 Å². The maximum atomic E-state index is 6.02. The van der Waals surface area contributed by atoms with Gasteiger partial charge in [0.2, 0.25) is 0 Å². The maximum absolute atomic E-state index is 6.02. The summed E-state index contributed by atoms with van der Waals surface area (Å²) in [4.78, 5) is 0. The molecule has 17 heavy (non-hydrogen) atoms. The van der Waals surface area contributed by atoms with Gasteiger partial charge in [0.15, 0.2) is 0 Å². The van der Waals surface area contributed by atoms with Gasteiger partial charge in [-0.15, -0.1) is 0 Å². The van der Waals surface area contributed by atoms with Gasteiger partial charge in [-0.3, -0.25) is 0 Å². The van der Waals surface area contributed by atoms with Crippen molar-refractivity contribution in [3.8, 4) is 5.75 Å². The van der Waals surface area contributed by atoms with E-state index in [9.17, 15) is 0 Å². The van der Waals surface area contributed by atoms with Crippen LogP contribution in [-0.4, -0.2) is 18.7 Å². The number of rotatable bonds is 5. The summed E-state index contributed by atoms with van der Waals surface area (Å²) < 4.78 is 6.02. The molecule has 1 fully saturated rings. The normalized spacial score (nSPS) is 23.9. The highest BCUT2D eigenvalue weighted by molar-refractivity contribution is 6.30. The van der Waals surface area contributed by atoms with E-state index < -0.39 is 0 Å². The Bertz CT molecular complexity index is 339. The molecule has 0 aliphatic heterocycles. The predicted octanol–water partition coefficient (Wildman–Crippen LogP) is 3.64. The van der Waals surface area contributed by atoms with Gasteiger partial charge in [-0.2, -0.15) is 0 Å². The van der Waals surface area contributed by atoms with Crippen LogP contribution in [-0.2, 0) is 0 Å². The van der Waals surface area contributed by atoms with Crippen molar-refractivity contribution in [2.24, 2.45) is 0 Å². The van der Waals surface area contributed by atoms with E-state index in [2.05, 4.69) is 12.2 Å². The van der Waals surface area contributed by atoms with Gasteiger partial charge in [0, 0.05) is 11.1 Å². The second kappa shape index (κ2) is 6.27. The minimum Gasteiger partial charge on any atom is -0.489 e. The quantitative estimate of drug-likeness (QED) is 0.865. The lowest BCUT2D eigenvalue weighted by Gasteiger charge is -2.22. The molecule has 1 aromatic carbocycles. The molecule has 0 aromatic heterocycles. The number of hydrogen-bond donors (Lipinski definition) is 1. The molecule has 2 rings (SSSR count). The van der Waals surface area contributed by atoms with Gasteiger partial charge in [0.1, 0.15) is 11.9 Å². The van der Waals surface area contributed by atoms with E-state index in [1.54, 1.807) is 0 Å². The van der Waals surface area contributed by atoms with E-state index in [0.29, 0.717) is 12.1 Å². The number of hydrogen-bond acceptors (Lipinski definition) is 2. The van der Waals surface area contributed by atoms with E-state index in [4.69, 9.17) is 16.3 Å². The first-order valence-electron chi connectivity index (χ1n) is 6.45. The molecule has 0 spiro atoms. The first-order valence-corrected chi connectivity index (χ1v) is 6.83. The molecule has 94 valence electrons. The second-order valence-corrected chi connectivity index (χ2v) is 5.04. The van der Waals surface area contributed by atoms with Crippen LogP contribution in [0.1, 0.15) is 32.6 Å². The molecule has 0 amide bonds. The van der Waals surface area contributed by atoms with Gasteiger partial charge < -0.3 is 10.1 Å². The Morgan fingerprint density at radius 3 is 2.76 bits per heavy atom. The van der Waals surface area contributed by atoms with E-state index in [1.807, 2.05) is 24.3 Å². The van der Waals surface area contributed by atoms with Gasteiger partial charge >= 0.3 is 0 Å². The Labute approximate surface area is 108 Å². The zero-order valence-electron chi connectivity index (χ0n) is 10.3. The Kier molecular flexibility index (Phi) is 4.69. The minimum atomic E-state index is 0.308. The van der Waals surface area contributed by atoms with Crippen molar-refractivity contribution < 1.29 is 4.74 Å². The van der Waals surface area contributed by atoms with Crippen molar-refractivity contribution in [1.82, 2.24) is 5.32 Å². The molecular formula is C14H20ClNO. The van der Waals surface area contributed by atoms with Crippen LogP contribution in [0.4, 0.5) is 0 Å². The lowest BCUT2D eigenvalue weighted by molar-refractivity contribution is 0.175. The Morgan fingerprint density at radius 1 is 1.29 bits per heavy atom. The van der Waals surface area contributed by atoms with Gasteiger partial charge in [-0.05, 0) is 56.5 Å². The number of benzene rings is 1. The van der Waals surface area contributed by atoms with Crippen LogP contribution in [0.25, 0.3) is 0 Å². The van der Waals surface area contributed by atoms with E-state index in [-0.39, 0.29) is 0 Å². The summed E-state index contributed by atoms with van der Waals surface area (Å²) in [5.41, 5.74) is 0. The third kappa shape index (κ3) is 3.62. The number of ether oxygens (including phenoxy) is 1. The first kappa shape index (κ1) is 12.7. The SMILES string of the molecule is CCCNC1CCCC1Oc1ccc(Cl)cc1. The van der Waals surface area contributed by atoms with Gasteiger partial charge in [0.05, 0.1) is 0 Å². The summed E-state index contributed by atoms with van der Waals surface area (Å²) in [5.74, 6) is 0.921. The van der Waals surface area contributed by atoms with Crippen molar-refractivity contribution in [1.29, 1.82) is 0 Å². The summed E-state index contributed by atoms with van der Waals surface area (Å²) in [5, 5.41) is 4.32. The molecule has 2 unspecified atom stereocenters. The average molecular weight is 254 g/mol. The van der Waals surface area contributed by atoms with Crippen molar-refractivity contribution >= 4 is 11.6 Å². The van der Waals surface area contributed by atoms with Gasteiger partial charge in [0.25, 0.3) is 0 Å². The lowest BCUT2D eigenvalue weighted by atomic mass is 10.2. The van der Waals surface area contributed by atoms with E-state index in [1.165, 1.54) is 19.3 Å². The molecule has 3 heteroatoms. The molecular weight excluding hydrogens is 234 g/mol. The highest BCUT2D eigenvalue weighted by atomic mass is 35.5. The molecule has 0 radical (unpaired) electrons. The molecule has 0 saturated heterocycles. The third-order valence-electron chi connectivity index (χ3n) is 3.21. The number of nitrogens with one attached hydrogen (secondary N) is 1. The fourth-order valence-corrected chi connectivity index (χ4v) is 2.44.